The Kier molecular flexibility index (Phi) is 3.96. The first-order valence-corrected chi connectivity index (χ1v) is 6.32. The molecule has 0 aliphatic carbocycles. The molecular weight excluding hydrogens is 272 g/mol. The molecule has 2 rings (SSSR count). The smallest absolute Gasteiger partial charge is 0.0712 e. The third-order valence-corrected chi connectivity index (χ3v) is 3.65. The van der Waals surface area contributed by atoms with Gasteiger partial charge in [-0.05, 0) is 29.3 Å². The van der Waals surface area contributed by atoms with Crippen LogP contribution in [0, 0.1) is 5.92 Å². The van der Waals surface area contributed by atoms with Crippen LogP contribution in [-0.4, -0.2) is 23.0 Å². The van der Waals surface area contributed by atoms with E-state index >= 15 is 0 Å². The van der Waals surface area contributed by atoms with Gasteiger partial charge in [0.1, 0.15) is 0 Å². The molecule has 0 amide bonds. The molecule has 0 aromatic carbocycles. The van der Waals surface area contributed by atoms with Gasteiger partial charge in [0.25, 0.3) is 0 Å². The van der Waals surface area contributed by atoms with Gasteiger partial charge >= 0.3 is 0 Å². The number of ether oxygens (including phenoxy) is 1. The summed E-state index contributed by atoms with van der Waals surface area (Å²) in [4.78, 5) is 0. The maximum atomic E-state index is 5.67. The third-order valence-electron chi connectivity index (χ3n) is 3.04. The number of rotatable bonds is 4. The van der Waals surface area contributed by atoms with Gasteiger partial charge < -0.3 is 4.74 Å². The normalized spacial score (nSPS) is 22.6. The number of aromatic nitrogens is 2. The highest BCUT2D eigenvalue weighted by molar-refractivity contribution is 9.10. The summed E-state index contributed by atoms with van der Waals surface area (Å²) >= 11 is 3.53. The van der Waals surface area contributed by atoms with Crippen LogP contribution in [0.4, 0.5) is 0 Å². The molecule has 0 bridgehead atoms. The van der Waals surface area contributed by atoms with Crippen molar-refractivity contribution in [1.82, 2.24) is 15.2 Å². The summed E-state index contributed by atoms with van der Waals surface area (Å²) in [6.07, 6.45) is 2.86. The summed E-state index contributed by atoms with van der Waals surface area (Å²) in [6, 6.07) is 0.0966. The fourth-order valence-corrected chi connectivity index (χ4v) is 2.73. The molecule has 5 nitrogen and oxygen atoms in total. The predicted molar refractivity (Wildman–Crippen MR) is 64.6 cm³/mol. The van der Waals surface area contributed by atoms with Crippen LogP contribution in [0.25, 0.3) is 0 Å². The lowest BCUT2D eigenvalue weighted by Gasteiger charge is -2.22. The minimum atomic E-state index is 0.0966. The van der Waals surface area contributed by atoms with Gasteiger partial charge in [-0.1, -0.05) is 0 Å². The lowest BCUT2D eigenvalue weighted by molar-refractivity contribution is 0.175. The Labute approximate surface area is 103 Å². The predicted octanol–water partition coefficient (Wildman–Crippen LogP) is 1.21. The van der Waals surface area contributed by atoms with E-state index in [0.29, 0.717) is 5.92 Å². The average molecular weight is 289 g/mol. The zero-order valence-electron chi connectivity index (χ0n) is 9.32. The van der Waals surface area contributed by atoms with Crippen LogP contribution in [0.15, 0.2) is 10.7 Å². The number of nitrogens with two attached hydrogens (primary N) is 1. The molecule has 1 aliphatic heterocycles. The van der Waals surface area contributed by atoms with E-state index in [1.54, 1.807) is 0 Å². The minimum absolute atomic E-state index is 0.0966. The molecule has 1 fully saturated rings. The first kappa shape index (κ1) is 12.0. The van der Waals surface area contributed by atoms with Crippen molar-refractivity contribution < 1.29 is 4.74 Å². The molecule has 1 aromatic rings. The summed E-state index contributed by atoms with van der Waals surface area (Å²) in [5.41, 5.74) is 4.00. The van der Waals surface area contributed by atoms with E-state index < -0.39 is 0 Å². The van der Waals surface area contributed by atoms with Crippen molar-refractivity contribution in [2.75, 3.05) is 13.2 Å². The maximum Gasteiger partial charge on any atom is 0.0712 e. The Morgan fingerprint density at radius 3 is 3.19 bits per heavy atom. The van der Waals surface area contributed by atoms with Crippen LogP contribution >= 0.6 is 15.9 Å². The van der Waals surface area contributed by atoms with Crippen LogP contribution < -0.4 is 11.3 Å². The molecule has 16 heavy (non-hydrogen) atoms. The van der Waals surface area contributed by atoms with Gasteiger partial charge in [0, 0.05) is 19.1 Å². The molecule has 0 saturated carbocycles. The summed E-state index contributed by atoms with van der Waals surface area (Å²) in [5.74, 6) is 6.09. The van der Waals surface area contributed by atoms with Crippen molar-refractivity contribution in [2.24, 2.45) is 11.8 Å². The Morgan fingerprint density at radius 1 is 1.81 bits per heavy atom. The highest BCUT2D eigenvalue weighted by Crippen LogP contribution is 2.32. The van der Waals surface area contributed by atoms with Gasteiger partial charge in [0.2, 0.25) is 0 Å². The van der Waals surface area contributed by atoms with Crippen LogP contribution in [0.1, 0.15) is 25.1 Å². The number of nitrogens with one attached hydrogen (secondary N) is 1. The monoisotopic (exact) mass is 288 g/mol. The van der Waals surface area contributed by atoms with Crippen molar-refractivity contribution in [3.05, 3.63) is 16.4 Å². The molecule has 1 aliphatic rings. The second kappa shape index (κ2) is 5.27. The molecule has 1 aromatic heterocycles. The number of aryl methyl sites for hydroxylation is 1. The van der Waals surface area contributed by atoms with Crippen molar-refractivity contribution in [3.63, 3.8) is 0 Å². The molecule has 0 radical (unpaired) electrons. The van der Waals surface area contributed by atoms with Gasteiger partial charge in [-0.15, -0.1) is 0 Å². The molecule has 1 saturated heterocycles. The van der Waals surface area contributed by atoms with E-state index in [0.717, 1.165) is 36.3 Å². The SMILES string of the molecule is CCn1ncc(Br)c1C(NN)C1CCOC1. The van der Waals surface area contributed by atoms with Gasteiger partial charge in [-0.3, -0.25) is 16.0 Å². The number of hydrogen-bond donors (Lipinski definition) is 2. The zero-order valence-corrected chi connectivity index (χ0v) is 10.9. The van der Waals surface area contributed by atoms with Gasteiger partial charge in [-0.25, -0.2) is 0 Å². The summed E-state index contributed by atoms with van der Waals surface area (Å²) in [6.45, 7) is 4.49. The van der Waals surface area contributed by atoms with Gasteiger partial charge in [-0.2, -0.15) is 5.10 Å². The summed E-state index contributed by atoms with van der Waals surface area (Å²) in [7, 11) is 0. The number of nitrogens with zero attached hydrogens (tertiary/aromatic N) is 2. The highest BCUT2D eigenvalue weighted by Gasteiger charge is 2.30. The maximum absolute atomic E-state index is 5.67. The van der Waals surface area contributed by atoms with E-state index in [2.05, 4.69) is 33.4 Å². The number of halogens is 1. The van der Waals surface area contributed by atoms with Crippen molar-refractivity contribution in [2.45, 2.75) is 25.9 Å². The Bertz CT molecular complexity index is 349. The first-order valence-electron chi connectivity index (χ1n) is 5.53. The standard InChI is InChI=1S/C10H17BrN4O/c1-2-15-10(8(11)5-13-15)9(14-12)7-3-4-16-6-7/h5,7,9,14H,2-4,6,12H2,1H3. The molecular formula is C10H17BrN4O. The minimum Gasteiger partial charge on any atom is -0.381 e. The second-order valence-electron chi connectivity index (χ2n) is 3.96. The van der Waals surface area contributed by atoms with Crippen LogP contribution in [-0.2, 0) is 11.3 Å². The molecule has 0 spiro atoms. The number of hydrogen-bond acceptors (Lipinski definition) is 4. The lowest BCUT2D eigenvalue weighted by atomic mass is 9.97. The summed E-state index contributed by atoms with van der Waals surface area (Å²) < 4.78 is 8.38. The molecule has 2 heterocycles. The Balaban J connectivity index is 2.27. The first-order chi connectivity index (χ1) is 7.77. The molecule has 2 atom stereocenters. The van der Waals surface area contributed by atoms with Crippen molar-refractivity contribution in [3.8, 4) is 0 Å². The Morgan fingerprint density at radius 2 is 2.62 bits per heavy atom. The fourth-order valence-electron chi connectivity index (χ4n) is 2.19. The van der Waals surface area contributed by atoms with E-state index in [4.69, 9.17) is 10.6 Å². The lowest BCUT2D eigenvalue weighted by Crippen LogP contribution is -2.35. The highest BCUT2D eigenvalue weighted by atomic mass is 79.9. The molecule has 6 heteroatoms. The van der Waals surface area contributed by atoms with E-state index in [1.807, 2.05) is 10.9 Å². The van der Waals surface area contributed by atoms with Crippen LogP contribution in [0.2, 0.25) is 0 Å². The molecule has 2 unspecified atom stereocenters. The van der Waals surface area contributed by atoms with Gasteiger partial charge in [0.15, 0.2) is 0 Å². The zero-order chi connectivity index (χ0) is 11.5. The third kappa shape index (κ3) is 2.15. The summed E-state index contributed by atoms with van der Waals surface area (Å²) in [5, 5.41) is 4.31. The molecule has 90 valence electrons. The Hall–Kier alpha value is -0.430. The topological polar surface area (TPSA) is 65.1 Å². The second-order valence-corrected chi connectivity index (χ2v) is 4.82. The van der Waals surface area contributed by atoms with E-state index in [1.165, 1.54) is 0 Å². The van der Waals surface area contributed by atoms with Crippen molar-refractivity contribution >= 4 is 15.9 Å². The van der Waals surface area contributed by atoms with E-state index in [-0.39, 0.29) is 6.04 Å². The molecule has 3 N–H and O–H groups in total. The van der Waals surface area contributed by atoms with Crippen LogP contribution in [0.3, 0.4) is 0 Å². The largest absolute Gasteiger partial charge is 0.381 e. The van der Waals surface area contributed by atoms with Gasteiger partial charge in [0.05, 0.1) is 29.0 Å². The fraction of sp³-hybridized carbons (Fsp3) is 0.700. The number of hydrazine groups is 1. The van der Waals surface area contributed by atoms with E-state index in [9.17, 15) is 0 Å². The quantitative estimate of drug-likeness (QED) is 0.646. The van der Waals surface area contributed by atoms with Crippen LogP contribution in [0.5, 0.6) is 0 Å². The average Bonchev–Trinajstić information content (AvgIpc) is 2.91. The van der Waals surface area contributed by atoms with Crippen molar-refractivity contribution in [1.29, 1.82) is 0 Å².